The molecule has 0 N–H and O–H groups in total. The molecule has 0 aromatic carbocycles. The average Bonchev–Trinajstić information content (AvgIpc) is 2.96. The van der Waals surface area contributed by atoms with Crippen LogP contribution in [0.15, 0.2) is 0 Å². The zero-order chi connectivity index (χ0) is 12.2. The Bertz CT molecular complexity index is 355. The molecule has 0 bridgehead atoms. The summed E-state index contributed by atoms with van der Waals surface area (Å²) in [4.78, 5) is 0. The molecule has 5 nitrogen and oxygen atoms in total. The van der Waals surface area contributed by atoms with Crippen LogP contribution in [0.2, 0.25) is 0 Å². The van der Waals surface area contributed by atoms with Crippen molar-refractivity contribution in [3.05, 3.63) is 0 Å². The standard InChI is InChI=1S/C10H18N2O3S/c1-9(2)15-7-8-16(13,14)12(6-5-11)10-3-4-10/h9-10H,3-4,6-8H2,1-2H3. The molecular weight excluding hydrogens is 228 g/mol. The minimum Gasteiger partial charge on any atom is -0.378 e. The molecule has 0 saturated heterocycles. The van der Waals surface area contributed by atoms with Gasteiger partial charge in [0.15, 0.2) is 0 Å². The summed E-state index contributed by atoms with van der Waals surface area (Å²) < 4.78 is 30.3. The van der Waals surface area contributed by atoms with Gasteiger partial charge >= 0.3 is 0 Å². The summed E-state index contributed by atoms with van der Waals surface area (Å²) in [5.74, 6) is -0.0383. The fourth-order valence-electron chi connectivity index (χ4n) is 1.39. The smallest absolute Gasteiger partial charge is 0.217 e. The van der Waals surface area contributed by atoms with E-state index in [2.05, 4.69) is 0 Å². The van der Waals surface area contributed by atoms with Crippen LogP contribution in [0.5, 0.6) is 0 Å². The van der Waals surface area contributed by atoms with Gasteiger partial charge in [0.25, 0.3) is 0 Å². The molecule has 0 atom stereocenters. The molecule has 0 aromatic heterocycles. The van der Waals surface area contributed by atoms with Crippen LogP contribution in [0.1, 0.15) is 26.7 Å². The molecule has 0 amide bonds. The lowest BCUT2D eigenvalue weighted by Crippen LogP contribution is -2.36. The molecule has 1 rings (SSSR count). The third-order valence-corrected chi connectivity index (χ3v) is 4.15. The van der Waals surface area contributed by atoms with Gasteiger partial charge in [-0.15, -0.1) is 0 Å². The number of sulfonamides is 1. The summed E-state index contributed by atoms with van der Waals surface area (Å²) >= 11 is 0. The van der Waals surface area contributed by atoms with Crippen molar-refractivity contribution in [1.29, 1.82) is 5.26 Å². The van der Waals surface area contributed by atoms with E-state index in [0.717, 1.165) is 12.8 Å². The minimum atomic E-state index is -3.33. The third kappa shape index (κ3) is 4.08. The van der Waals surface area contributed by atoms with Crippen molar-refractivity contribution in [3.8, 4) is 6.07 Å². The number of hydrogen-bond donors (Lipinski definition) is 0. The highest BCUT2D eigenvalue weighted by atomic mass is 32.2. The minimum absolute atomic E-state index is 0.0283. The van der Waals surface area contributed by atoms with Crippen molar-refractivity contribution in [2.45, 2.75) is 38.8 Å². The van der Waals surface area contributed by atoms with Crippen LogP contribution in [0.3, 0.4) is 0 Å². The van der Waals surface area contributed by atoms with E-state index >= 15 is 0 Å². The molecule has 1 fully saturated rings. The van der Waals surface area contributed by atoms with Gasteiger partial charge in [0.2, 0.25) is 10.0 Å². The van der Waals surface area contributed by atoms with Crippen LogP contribution >= 0.6 is 0 Å². The van der Waals surface area contributed by atoms with E-state index in [1.54, 1.807) is 0 Å². The Morgan fingerprint density at radius 3 is 2.56 bits per heavy atom. The van der Waals surface area contributed by atoms with Crippen LogP contribution in [0.25, 0.3) is 0 Å². The Hall–Kier alpha value is -0.640. The Labute approximate surface area is 97.0 Å². The second-order valence-electron chi connectivity index (χ2n) is 4.17. The number of rotatable bonds is 7. The fraction of sp³-hybridized carbons (Fsp3) is 0.900. The number of nitrogens with zero attached hydrogens (tertiary/aromatic N) is 2. The molecule has 0 aliphatic heterocycles. The Morgan fingerprint density at radius 2 is 2.12 bits per heavy atom. The third-order valence-electron chi connectivity index (χ3n) is 2.33. The van der Waals surface area contributed by atoms with Gasteiger partial charge in [-0.05, 0) is 26.7 Å². The van der Waals surface area contributed by atoms with E-state index < -0.39 is 10.0 Å². The summed E-state index contributed by atoms with van der Waals surface area (Å²) in [6.45, 7) is 3.87. The number of ether oxygens (including phenoxy) is 1. The first-order valence-corrected chi connectivity index (χ1v) is 7.06. The lowest BCUT2D eigenvalue weighted by atomic mass is 10.5. The predicted octanol–water partition coefficient (Wildman–Crippen LogP) is 0.729. The predicted molar refractivity (Wildman–Crippen MR) is 60.2 cm³/mol. The summed E-state index contributed by atoms with van der Waals surface area (Å²) in [5.41, 5.74) is 0. The number of hydrogen-bond acceptors (Lipinski definition) is 4. The van der Waals surface area contributed by atoms with E-state index in [1.165, 1.54) is 4.31 Å². The highest BCUT2D eigenvalue weighted by Gasteiger charge is 2.36. The molecule has 6 heteroatoms. The van der Waals surface area contributed by atoms with E-state index in [4.69, 9.17) is 10.00 Å². The highest BCUT2D eigenvalue weighted by Crippen LogP contribution is 2.28. The van der Waals surface area contributed by atoms with Crippen molar-refractivity contribution in [2.24, 2.45) is 0 Å². The maximum Gasteiger partial charge on any atom is 0.217 e. The highest BCUT2D eigenvalue weighted by molar-refractivity contribution is 7.89. The van der Waals surface area contributed by atoms with E-state index in [-0.39, 0.29) is 31.1 Å². The lowest BCUT2D eigenvalue weighted by Gasteiger charge is -2.18. The van der Waals surface area contributed by atoms with Crippen molar-refractivity contribution >= 4 is 10.0 Å². The molecule has 1 aliphatic rings. The van der Waals surface area contributed by atoms with E-state index in [9.17, 15) is 8.42 Å². The van der Waals surface area contributed by atoms with Gasteiger partial charge in [-0.1, -0.05) is 0 Å². The van der Waals surface area contributed by atoms with Crippen LogP contribution in [-0.2, 0) is 14.8 Å². The SMILES string of the molecule is CC(C)OCCS(=O)(=O)N(CC#N)C1CC1. The van der Waals surface area contributed by atoms with E-state index in [1.807, 2.05) is 19.9 Å². The molecule has 0 unspecified atom stereocenters. The second kappa shape index (κ2) is 5.62. The molecule has 16 heavy (non-hydrogen) atoms. The van der Waals surface area contributed by atoms with Gasteiger partial charge in [-0.3, -0.25) is 0 Å². The van der Waals surface area contributed by atoms with Crippen LogP contribution in [-0.4, -0.2) is 43.8 Å². The molecule has 0 spiro atoms. The lowest BCUT2D eigenvalue weighted by molar-refractivity contribution is 0.0907. The van der Waals surface area contributed by atoms with E-state index in [0.29, 0.717) is 0 Å². The Kier molecular flexibility index (Phi) is 4.71. The molecule has 0 radical (unpaired) electrons. The van der Waals surface area contributed by atoms with Gasteiger partial charge in [-0.25, -0.2) is 8.42 Å². The first kappa shape index (κ1) is 13.4. The normalized spacial score (nSPS) is 16.7. The maximum atomic E-state index is 11.9. The maximum absolute atomic E-state index is 11.9. The van der Waals surface area contributed by atoms with Gasteiger partial charge < -0.3 is 4.74 Å². The molecule has 1 saturated carbocycles. The molecule has 1 aliphatic carbocycles. The van der Waals surface area contributed by atoms with Crippen LogP contribution < -0.4 is 0 Å². The summed E-state index contributed by atoms with van der Waals surface area (Å²) in [7, 11) is -3.33. The zero-order valence-electron chi connectivity index (χ0n) is 9.72. The average molecular weight is 246 g/mol. The molecule has 92 valence electrons. The summed E-state index contributed by atoms with van der Waals surface area (Å²) in [6, 6.07) is 1.95. The van der Waals surface area contributed by atoms with Crippen molar-refractivity contribution in [1.82, 2.24) is 4.31 Å². The first-order chi connectivity index (χ1) is 7.47. The Balaban J connectivity index is 2.50. The topological polar surface area (TPSA) is 70.4 Å². The van der Waals surface area contributed by atoms with Crippen molar-refractivity contribution in [2.75, 3.05) is 18.9 Å². The van der Waals surface area contributed by atoms with Crippen LogP contribution in [0.4, 0.5) is 0 Å². The Morgan fingerprint density at radius 1 is 1.50 bits per heavy atom. The quantitative estimate of drug-likeness (QED) is 0.621. The fourth-order valence-corrected chi connectivity index (χ4v) is 2.85. The van der Waals surface area contributed by atoms with Gasteiger partial charge in [0, 0.05) is 6.04 Å². The number of nitriles is 1. The summed E-state index contributed by atoms with van der Waals surface area (Å²) in [5, 5.41) is 8.60. The first-order valence-electron chi connectivity index (χ1n) is 5.45. The molecular formula is C10H18N2O3S. The second-order valence-corrected chi connectivity index (χ2v) is 6.21. The monoisotopic (exact) mass is 246 g/mol. The van der Waals surface area contributed by atoms with Gasteiger partial charge in [0.05, 0.1) is 24.5 Å². The van der Waals surface area contributed by atoms with Crippen LogP contribution in [0, 0.1) is 11.3 Å². The largest absolute Gasteiger partial charge is 0.378 e. The summed E-state index contributed by atoms with van der Waals surface area (Å²) in [6.07, 6.45) is 1.76. The molecule has 0 aromatic rings. The van der Waals surface area contributed by atoms with Crippen molar-refractivity contribution < 1.29 is 13.2 Å². The van der Waals surface area contributed by atoms with Gasteiger partial charge in [-0.2, -0.15) is 9.57 Å². The molecule has 0 heterocycles. The zero-order valence-corrected chi connectivity index (χ0v) is 10.5. The van der Waals surface area contributed by atoms with Crippen molar-refractivity contribution in [3.63, 3.8) is 0 Å². The van der Waals surface area contributed by atoms with Gasteiger partial charge in [0.1, 0.15) is 6.54 Å².